The minimum absolute atomic E-state index is 0.355. The van der Waals surface area contributed by atoms with Crippen molar-refractivity contribution in [2.24, 2.45) is 5.92 Å². The molecule has 1 aliphatic carbocycles. The van der Waals surface area contributed by atoms with Crippen molar-refractivity contribution in [3.05, 3.63) is 24.0 Å². The summed E-state index contributed by atoms with van der Waals surface area (Å²) in [5, 5.41) is 0. The number of nitrogen functional groups attached to an aromatic ring is 1. The van der Waals surface area contributed by atoms with Gasteiger partial charge in [-0.3, -0.25) is 0 Å². The summed E-state index contributed by atoms with van der Waals surface area (Å²) >= 11 is -1.11. The zero-order chi connectivity index (χ0) is 16.3. The molecule has 1 aliphatic rings. The molecule has 1 aromatic heterocycles. The zero-order valence-corrected chi connectivity index (χ0v) is 17.3. The third-order valence-electron chi connectivity index (χ3n) is 4.29. The molecule has 0 spiro atoms. The van der Waals surface area contributed by atoms with Crippen LogP contribution < -0.4 is 5.73 Å². The molecule has 5 heteroatoms. The first-order chi connectivity index (χ1) is 10.3. The van der Waals surface area contributed by atoms with Gasteiger partial charge < -0.3 is 0 Å². The number of halogens is 1. The Bertz CT molecular complexity index is 492. The van der Waals surface area contributed by atoms with Gasteiger partial charge in [0.25, 0.3) is 0 Å². The molecule has 2 N–H and O–H groups in total. The molecule has 0 saturated heterocycles. The summed E-state index contributed by atoms with van der Waals surface area (Å²) in [6, 6.07) is 2.08. The van der Waals surface area contributed by atoms with Crippen molar-refractivity contribution in [1.29, 1.82) is 0 Å². The monoisotopic (exact) mass is 436 g/mol. The first-order valence-corrected chi connectivity index (χ1v) is 14.4. The van der Waals surface area contributed by atoms with Crippen molar-refractivity contribution in [3.8, 4) is 0 Å². The Morgan fingerprint density at radius 2 is 2.05 bits per heavy atom. The van der Waals surface area contributed by atoms with Gasteiger partial charge in [-0.1, -0.05) is 0 Å². The molecule has 0 aliphatic heterocycles. The van der Waals surface area contributed by atoms with Gasteiger partial charge in [0.05, 0.1) is 0 Å². The molecule has 2 rings (SSSR count). The van der Waals surface area contributed by atoms with E-state index in [4.69, 9.17) is 9.92 Å². The van der Waals surface area contributed by atoms with Crippen LogP contribution in [0.2, 0.25) is 0 Å². The molecular weight excluding hydrogens is 407 g/mol. The molecule has 126 valence electrons. The molecule has 1 heterocycles. The Balaban J connectivity index is 1.98. The molecule has 22 heavy (non-hydrogen) atoms. The summed E-state index contributed by atoms with van der Waals surface area (Å²) in [5.74, 6) is 1.19. The van der Waals surface area contributed by atoms with Crippen molar-refractivity contribution >= 4 is 33.3 Å². The summed E-state index contributed by atoms with van der Waals surface area (Å²) in [6.07, 6.45) is 7.43. The fourth-order valence-corrected chi connectivity index (χ4v) is 6.85. The van der Waals surface area contributed by atoms with Crippen LogP contribution in [0.3, 0.4) is 0 Å². The minimum atomic E-state index is -1.11. The van der Waals surface area contributed by atoms with Crippen molar-refractivity contribution in [1.82, 2.24) is 4.98 Å². The third-order valence-corrected chi connectivity index (χ3v) is 14.7. The van der Waals surface area contributed by atoms with Crippen LogP contribution in [0.15, 0.2) is 18.5 Å². The number of hydrogen-bond donors (Lipinski definition) is 1. The second-order valence-corrected chi connectivity index (χ2v) is 17.4. The number of alkyl halides is 2. The van der Waals surface area contributed by atoms with Gasteiger partial charge in [-0.05, 0) is 0 Å². The van der Waals surface area contributed by atoms with E-state index in [1.165, 1.54) is 18.4 Å². The predicted molar refractivity (Wildman–Crippen MR) is 107 cm³/mol. The first kappa shape index (κ1) is 18.3. The van der Waals surface area contributed by atoms with Gasteiger partial charge in [0.2, 0.25) is 0 Å². The number of rotatable bonds is 4. The van der Waals surface area contributed by atoms with Gasteiger partial charge in [0, 0.05) is 0 Å². The second kappa shape index (κ2) is 7.71. The van der Waals surface area contributed by atoms with Gasteiger partial charge in [-0.2, -0.15) is 0 Å². The number of anilines is 1. The average Bonchev–Trinajstić information content (AvgIpc) is 2.43. The van der Waals surface area contributed by atoms with Gasteiger partial charge in [-0.15, -0.1) is 0 Å². The van der Waals surface area contributed by atoms with Crippen molar-refractivity contribution < 1.29 is 4.18 Å². The standard InChI is InChI=1S/C17H29IN2OS/c1-12-8-13(15-6-7-20-11-16(15)19)10-14(9-12)21-22-18(5)17(2,3)4/h6-7,11-14H,8-10,19H2,1-5H3/t12-,13+,14-/m0/s1. The quantitative estimate of drug-likeness (QED) is 0.387. The molecule has 1 fully saturated rings. The Morgan fingerprint density at radius 3 is 2.68 bits per heavy atom. The summed E-state index contributed by atoms with van der Waals surface area (Å²) in [6.45, 7) is 9.32. The summed E-state index contributed by atoms with van der Waals surface area (Å²) < 4.78 is 6.68. The number of hydrogen-bond acceptors (Lipinski definition) is 4. The Morgan fingerprint density at radius 1 is 1.32 bits per heavy atom. The molecule has 0 aromatic carbocycles. The maximum atomic E-state index is 6.26. The fraction of sp³-hybridized carbons (Fsp3) is 0.706. The molecule has 3 atom stereocenters. The summed E-state index contributed by atoms with van der Waals surface area (Å²) in [5.41, 5.74) is 8.20. The normalized spacial score (nSPS) is 26.8. The topological polar surface area (TPSA) is 48.1 Å². The van der Waals surface area contributed by atoms with Crippen LogP contribution in [0.1, 0.15) is 58.4 Å². The molecule has 0 unspecified atom stereocenters. The SMILES string of the molecule is C[C@@H]1C[C@H](OSI(C)C(C)(C)C)C[C@H](c2ccncc2N)C1. The number of aromatic nitrogens is 1. The predicted octanol–water partition coefficient (Wildman–Crippen LogP) is 5.45. The van der Waals surface area contributed by atoms with E-state index >= 15 is 0 Å². The Labute approximate surface area is 145 Å². The molecule has 1 aromatic rings. The van der Waals surface area contributed by atoms with Crippen LogP contribution in [0.4, 0.5) is 5.69 Å². The van der Waals surface area contributed by atoms with E-state index in [0.717, 1.165) is 12.1 Å². The van der Waals surface area contributed by atoms with Crippen LogP contribution >= 0.6 is 27.6 Å². The molecule has 0 amide bonds. The Hall–Kier alpha value is -0.0100. The van der Waals surface area contributed by atoms with Gasteiger partial charge in [0.1, 0.15) is 0 Å². The molecule has 0 radical (unpaired) electrons. The van der Waals surface area contributed by atoms with Crippen LogP contribution in [-0.4, -0.2) is 19.4 Å². The molecule has 1 saturated carbocycles. The van der Waals surface area contributed by atoms with Crippen LogP contribution in [0.5, 0.6) is 0 Å². The maximum absolute atomic E-state index is 6.26. The Kier molecular flexibility index (Phi) is 6.42. The summed E-state index contributed by atoms with van der Waals surface area (Å²) in [7, 11) is 1.81. The average molecular weight is 436 g/mol. The van der Waals surface area contributed by atoms with Crippen LogP contribution in [-0.2, 0) is 4.18 Å². The second-order valence-electron chi connectivity index (χ2n) is 7.28. The molecule has 3 nitrogen and oxygen atoms in total. The summed E-state index contributed by atoms with van der Waals surface area (Å²) in [4.78, 5) is 6.51. The van der Waals surface area contributed by atoms with E-state index in [0.29, 0.717) is 21.4 Å². The van der Waals surface area contributed by atoms with E-state index in [2.05, 4.69) is 43.7 Å². The van der Waals surface area contributed by atoms with E-state index in [-0.39, 0.29) is 0 Å². The van der Waals surface area contributed by atoms with Crippen molar-refractivity contribution in [2.75, 3.05) is 10.7 Å². The van der Waals surface area contributed by atoms with Gasteiger partial charge in [-0.25, -0.2) is 0 Å². The van der Waals surface area contributed by atoms with E-state index in [9.17, 15) is 0 Å². The number of pyridine rings is 1. The number of nitrogens with zero attached hydrogens (tertiary/aromatic N) is 1. The van der Waals surface area contributed by atoms with Crippen LogP contribution in [0, 0.1) is 5.92 Å². The van der Waals surface area contributed by atoms with Gasteiger partial charge >= 0.3 is 146 Å². The van der Waals surface area contributed by atoms with Gasteiger partial charge in [0.15, 0.2) is 0 Å². The first-order valence-electron chi connectivity index (χ1n) is 7.90. The van der Waals surface area contributed by atoms with Crippen molar-refractivity contribution in [2.45, 2.75) is 62.4 Å². The molecule has 0 bridgehead atoms. The fourth-order valence-electron chi connectivity index (χ4n) is 2.86. The van der Waals surface area contributed by atoms with E-state index < -0.39 is 18.4 Å². The van der Waals surface area contributed by atoms with Crippen LogP contribution in [0.25, 0.3) is 0 Å². The number of nitrogens with two attached hydrogens (primary N) is 1. The van der Waals surface area contributed by atoms with E-state index in [1.807, 2.05) is 6.20 Å². The molecular formula is C17H29IN2OS. The van der Waals surface area contributed by atoms with E-state index in [1.54, 1.807) is 15.4 Å². The third kappa shape index (κ3) is 4.99. The zero-order valence-electron chi connectivity index (χ0n) is 14.3. The van der Waals surface area contributed by atoms with Crippen molar-refractivity contribution in [3.63, 3.8) is 0 Å².